The summed E-state index contributed by atoms with van der Waals surface area (Å²) in [4.78, 5) is 14.5. The highest BCUT2D eigenvalue weighted by atomic mass is 32.1. The van der Waals surface area contributed by atoms with E-state index in [0.717, 1.165) is 43.7 Å². The van der Waals surface area contributed by atoms with Gasteiger partial charge in [-0.25, -0.2) is 0 Å². The number of hydrogen-bond donors (Lipinski definition) is 2. The highest BCUT2D eigenvalue weighted by Gasteiger charge is 2.10. The lowest BCUT2D eigenvalue weighted by molar-refractivity contribution is 0.0947. The number of rotatable bonds is 4. The number of carbonyl (C=O) groups is 1. The predicted molar refractivity (Wildman–Crippen MR) is 83.5 cm³/mol. The fourth-order valence-corrected chi connectivity index (χ4v) is 3.24. The Bertz CT molecular complexity index is 590. The van der Waals surface area contributed by atoms with Crippen LogP contribution in [-0.4, -0.2) is 50.1 Å². The van der Waals surface area contributed by atoms with Crippen molar-refractivity contribution in [2.75, 3.05) is 39.3 Å². The Kier molecular flexibility index (Phi) is 4.30. The summed E-state index contributed by atoms with van der Waals surface area (Å²) in [6, 6.07) is 7.94. The molecule has 2 N–H and O–H groups in total. The molecule has 3 rings (SSSR count). The van der Waals surface area contributed by atoms with E-state index in [0.29, 0.717) is 6.54 Å². The summed E-state index contributed by atoms with van der Waals surface area (Å²) in [5.41, 5.74) is 0.746. The highest BCUT2D eigenvalue weighted by molar-refractivity contribution is 7.17. The molecule has 20 heavy (non-hydrogen) atoms. The van der Waals surface area contributed by atoms with Crippen molar-refractivity contribution in [3.8, 4) is 0 Å². The lowest BCUT2D eigenvalue weighted by atomic mass is 10.1. The van der Waals surface area contributed by atoms with Gasteiger partial charge in [0.2, 0.25) is 0 Å². The van der Waals surface area contributed by atoms with E-state index >= 15 is 0 Å². The highest BCUT2D eigenvalue weighted by Crippen LogP contribution is 2.21. The molecule has 4 nitrogen and oxygen atoms in total. The molecule has 1 aromatic heterocycles. The second-order valence-electron chi connectivity index (χ2n) is 5.02. The van der Waals surface area contributed by atoms with Gasteiger partial charge in [-0.1, -0.05) is 0 Å². The quantitative estimate of drug-likeness (QED) is 0.897. The Hall–Kier alpha value is -1.43. The summed E-state index contributed by atoms with van der Waals surface area (Å²) in [5, 5.41) is 9.53. The normalized spacial score (nSPS) is 16.4. The molecule has 2 aromatic rings. The van der Waals surface area contributed by atoms with Crippen LogP contribution in [0.5, 0.6) is 0 Å². The van der Waals surface area contributed by atoms with E-state index < -0.39 is 0 Å². The summed E-state index contributed by atoms with van der Waals surface area (Å²) in [7, 11) is 0. The molecule has 0 unspecified atom stereocenters. The molecular formula is C15H19N3OS. The third-order valence-corrected chi connectivity index (χ3v) is 4.54. The van der Waals surface area contributed by atoms with E-state index in [1.807, 2.05) is 18.2 Å². The molecule has 0 atom stereocenters. The topological polar surface area (TPSA) is 44.4 Å². The van der Waals surface area contributed by atoms with Crippen LogP contribution < -0.4 is 10.6 Å². The molecule has 0 radical (unpaired) electrons. The van der Waals surface area contributed by atoms with Crippen LogP contribution in [0, 0.1) is 0 Å². The fourth-order valence-electron chi connectivity index (χ4n) is 2.47. The first-order valence-corrected chi connectivity index (χ1v) is 7.89. The smallest absolute Gasteiger partial charge is 0.251 e. The summed E-state index contributed by atoms with van der Waals surface area (Å²) in [6.07, 6.45) is 0. The molecule has 106 valence electrons. The van der Waals surface area contributed by atoms with E-state index in [9.17, 15) is 4.79 Å². The van der Waals surface area contributed by atoms with Gasteiger partial charge in [0.05, 0.1) is 0 Å². The minimum atomic E-state index is 0.0215. The van der Waals surface area contributed by atoms with Crippen molar-refractivity contribution in [1.82, 2.24) is 15.5 Å². The number of hydrogen-bond acceptors (Lipinski definition) is 4. The molecule has 1 aromatic carbocycles. The summed E-state index contributed by atoms with van der Waals surface area (Å²) < 4.78 is 1.22. The van der Waals surface area contributed by atoms with Crippen LogP contribution in [0.2, 0.25) is 0 Å². The molecule has 1 saturated heterocycles. The van der Waals surface area contributed by atoms with Crippen molar-refractivity contribution in [3.05, 3.63) is 35.2 Å². The van der Waals surface area contributed by atoms with Gasteiger partial charge in [-0.2, -0.15) is 0 Å². The van der Waals surface area contributed by atoms with Crippen LogP contribution in [0.4, 0.5) is 0 Å². The van der Waals surface area contributed by atoms with Crippen LogP contribution in [0.25, 0.3) is 10.1 Å². The lowest BCUT2D eigenvalue weighted by Gasteiger charge is -2.27. The van der Waals surface area contributed by atoms with Gasteiger partial charge in [-0.3, -0.25) is 9.69 Å². The number of benzene rings is 1. The maximum atomic E-state index is 12.1. The van der Waals surface area contributed by atoms with Gasteiger partial charge in [-0.15, -0.1) is 11.3 Å². The molecule has 2 heterocycles. The summed E-state index contributed by atoms with van der Waals surface area (Å²) in [6.45, 7) is 5.85. The number of thiophene rings is 1. The zero-order valence-electron chi connectivity index (χ0n) is 11.4. The summed E-state index contributed by atoms with van der Waals surface area (Å²) >= 11 is 1.70. The molecule has 5 heteroatoms. The number of piperazine rings is 1. The van der Waals surface area contributed by atoms with Gasteiger partial charge in [0.25, 0.3) is 5.91 Å². The maximum absolute atomic E-state index is 12.1. The van der Waals surface area contributed by atoms with Crippen LogP contribution in [-0.2, 0) is 0 Å². The Morgan fingerprint density at radius 2 is 2.15 bits per heavy atom. The number of fused-ring (bicyclic) bond motifs is 1. The van der Waals surface area contributed by atoms with Crippen LogP contribution in [0.1, 0.15) is 10.4 Å². The average Bonchev–Trinajstić information content (AvgIpc) is 2.95. The van der Waals surface area contributed by atoms with Gasteiger partial charge in [0.1, 0.15) is 0 Å². The molecule has 1 amide bonds. The number of amides is 1. The Morgan fingerprint density at radius 1 is 1.30 bits per heavy atom. The van der Waals surface area contributed by atoms with E-state index in [2.05, 4.69) is 27.0 Å². The molecule has 0 saturated carbocycles. The molecule has 1 aliphatic heterocycles. The van der Waals surface area contributed by atoms with Crippen molar-refractivity contribution >= 4 is 27.3 Å². The minimum absolute atomic E-state index is 0.0215. The molecule has 1 aliphatic rings. The Balaban J connectivity index is 1.53. The third-order valence-electron chi connectivity index (χ3n) is 3.64. The molecule has 0 bridgehead atoms. The fraction of sp³-hybridized carbons (Fsp3) is 0.400. The monoisotopic (exact) mass is 289 g/mol. The predicted octanol–water partition coefficient (Wildman–Crippen LogP) is 1.54. The van der Waals surface area contributed by atoms with Crippen molar-refractivity contribution in [2.24, 2.45) is 0 Å². The Labute approximate surface area is 122 Å². The second kappa shape index (κ2) is 6.35. The zero-order chi connectivity index (χ0) is 13.8. The molecular weight excluding hydrogens is 270 g/mol. The van der Waals surface area contributed by atoms with Crippen molar-refractivity contribution in [1.29, 1.82) is 0 Å². The van der Waals surface area contributed by atoms with Crippen molar-refractivity contribution < 1.29 is 4.79 Å². The minimum Gasteiger partial charge on any atom is -0.351 e. The number of carbonyl (C=O) groups excluding carboxylic acids is 1. The Morgan fingerprint density at radius 3 is 3.00 bits per heavy atom. The average molecular weight is 289 g/mol. The van der Waals surface area contributed by atoms with Crippen molar-refractivity contribution in [3.63, 3.8) is 0 Å². The van der Waals surface area contributed by atoms with Crippen molar-refractivity contribution in [2.45, 2.75) is 0 Å². The first kappa shape index (κ1) is 13.5. The summed E-state index contributed by atoms with van der Waals surface area (Å²) in [5.74, 6) is 0.0215. The molecule has 0 aliphatic carbocycles. The third kappa shape index (κ3) is 3.17. The number of nitrogens with one attached hydrogen (secondary N) is 2. The molecule has 1 fully saturated rings. The standard InChI is InChI=1S/C15H19N3OS/c19-15(17-6-9-18-7-4-16-5-8-18)13-1-2-14-12(11-13)3-10-20-14/h1-3,10-11,16H,4-9H2,(H,17,19). The van der Waals surface area contributed by atoms with Crippen LogP contribution in [0.3, 0.4) is 0 Å². The van der Waals surface area contributed by atoms with E-state index in [4.69, 9.17) is 0 Å². The SMILES string of the molecule is O=C(NCCN1CCNCC1)c1ccc2sccc2c1. The largest absolute Gasteiger partial charge is 0.351 e. The van der Waals surface area contributed by atoms with Gasteiger partial charge in [-0.05, 0) is 35.0 Å². The van der Waals surface area contributed by atoms with Gasteiger partial charge in [0, 0.05) is 49.5 Å². The maximum Gasteiger partial charge on any atom is 0.251 e. The second-order valence-corrected chi connectivity index (χ2v) is 5.97. The lowest BCUT2D eigenvalue weighted by Crippen LogP contribution is -2.46. The van der Waals surface area contributed by atoms with Gasteiger partial charge in [0.15, 0.2) is 0 Å². The van der Waals surface area contributed by atoms with E-state index in [-0.39, 0.29) is 5.91 Å². The van der Waals surface area contributed by atoms with Crippen LogP contribution >= 0.6 is 11.3 Å². The first-order valence-electron chi connectivity index (χ1n) is 7.01. The zero-order valence-corrected chi connectivity index (χ0v) is 12.2. The first-order chi connectivity index (χ1) is 9.83. The van der Waals surface area contributed by atoms with Gasteiger partial charge >= 0.3 is 0 Å². The van der Waals surface area contributed by atoms with Gasteiger partial charge < -0.3 is 10.6 Å². The van der Waals surface area contributed by atoms with E-state index in [1.54, 1.807) is 11.3 Å². The van der Waals surface area contributed by atoms with Crippen LogP contribution in [0.15, 0.2) is 29.6 Å². The molecule has 0 spiro atoms. The van der Waals surface area contributed by atoms with E-state index in [1.165, 1.54) is 4.70 Å². The number of nitrogens with zero attached hydrogens (tertiary/aromatic N) is 1.